The number of aromatic nitrogens is 1. The first-order chi connectivity index (χ1) is 13.7. The molecule has 1 heterocycles. The number of hydrogen-bond donors (Lipinski definition) is 2. The highest BCUT2D eigenvalue weighted by Gasteiger charge is 2.64. The van der Waals surface area contributed by atoms with E-state index < -0.39 is 23.7 Å². The molecule has 2 aromatic carbocycles. The van der Waals surface area contributed by atoms with E-state index in [0.29, 0.717) is 10.2 Å². The second-order valence-corrected chi connectivity index (χ2v) is 7.20. The normalized spacial score (nSPS) is 13.6. The number of para-hydroxylation sites is 1. The lowest BCUT2D eigenvalue weighted by molar-refractivity contribution is -0.203. The van der Waals surface area contributed by atoms with Crippen molar-refractivity contribution in [2.24, 2.45) is 0 Å². The topological polar surface area (TPSA) is 80.3 Å². The highest BCUT2D eigenvalue weighted by Crippen LogP contribution is 2.35. The Morgan fingerprint density at radius 1 is 1.07 bits per heavy atom. The van der Waals surface area contributed by atoms with Crippen LogP contribution in [0.2, 0.25) is 0 Å². The van der Waals surface area contributed by atoms with Gasteiger partial charge in [0, 0.05) is 5.56 Å². The molecule has 0 saturated heterocycles. The van der Waals surface area contributed by atoms with Crippen molar-refractivity contribution in [2.45, 2.75) is 18.8 Å². The third-order valence-electron chi connectivity index (χ3n) is 4.12. The fraction of sp³-hybridized carbons (Fsp3) is 0.211. The summed E-state index contributed by atoms with van der Waals surface area (Å²) in [6.45, 7) is 1.77. The first-order valence-corrected chi connectivity index (χ1v) is 9.16. The SMILES string of the molecule is COC(=O)[C@@](NC(=O)c1ccc(C)cc1)(Nc1nc2ccccc2s1)C(F)(F)F. The molecule has 1 aromatic heterocycles. The average Bonchev–Trinajstić information content (AvgIpc) is 3.08. The van der Waals surface area contributed by atoms with Crippen LogP contribution in [-0.2, 0) is 9.53 Å². The molecule has 3 aromatic rings. The van der Waals surface area contributed by atoms with Crippen molar-refractivity contribution in [1.29, 1.82) is 0 Å². The van der Waals surface area contributed by atoms with Gasteiger partial charge in [0.2, 0.25) is 0 Å². The smallest absolute Gasteiger partial charge is 0.442 e. The summed E-state index contributed by atoms with van der Waals surface area (Å²) in [7, 11) is 0.806. The number of carbonyl (C=O) groups is 2. The van der Waals surface area contributed by atoms with Crippen LogP contribution in [0.25, 0.3) is 10.2 Å². The largest absolute Gasteiger partial charge is 0.466 e. The van der Waals surface area contributed by atoms with Crippen molar-refractivity contribution >= 4 is 38.6 Å². The summed E-state index contributed by atoms with van der Waals surface area (Å²) in [5.41, 5.74) is -2.29. The Kier molecular flexibility index (Phi) is 5.47. The minimum Gasteiger partial charge on any atom is -0.466 e. The Labute approximate surface area is 167 Å². The van der Waals surface area contributed by atoms with Gasteiger partial charge in [-0.2, -0.15) is 13.2 Å². The number of esters is 1. The van der Waals surface area contributed by atoms with Crippen molar-refractivity contribution < 1.29 is 27.5 Å². The van der Waals surface area contributed by atoms with E-state index >= 15 is 0 Å². The molecule has 0 spiro atoms. The molecule has 6 nitrogen and oxygen atoms in total. The van der Waals surface area contributed by atoms with E-state index in [4.69, 9.17) is 0 Å². The van der Waals surface area contributed by atoms with Crippen LogP contribution in [0, 0.1) is 6.92 Å². The Balaban J connectivity index is 2.03. The maximum absolute atomic E-state index is 14.1. The second kappa shape index (κ2) is 7.70. The maximum Gasteiger partial charge on any atom is 0.442 e. The van der Waals surface area contributed by atoms with Crippen molar-refractivity contribution in [2.75, 3.05) is 12.4 Å². The third-order valence-corrected chi connectivity index (χ3v) is 5.07. The number of nitrogens with one attached hydrogen (secondary N) is 2. The summed E-state index contributed by atoms with van der Waals surface area (Å²) in [4.78, 5) is 28.9. The van der Waals surface area contributed by atoms with E-state index in [1.807, 2.05) is 0 Å². The van der Waals surface area contributed by atoms with Crippen LogP contribution < -0.4 is 10.6 Å². The van der Waals surface area contributed by atoms with E-state index in [1.54, 1.807) is 48.6 Å². The molecule has 0 aliphatic carbocycles. The minimum atomic E-state index is -5.22. The number of halogens is 3. The molecule has 0 aliphatic rings. The Hall–Kier alpha value is -3.14. The number of rotatable bonds is 5. The summed E-state index contributed by atoms with van der Waals surface area (Å²) in [5.74, 6) is -2.81. The number of methoxy groups -OCH3 is 1. The first kappa shape index (κ1) is 20.6. The van der Waals surface area contributed by atoms with Gasteiger partial charge in [0.05, 0.1) is 17.3 Å². The molecular weight excluding hydrogens is 407 g/mol. The summed E-state index contributed by atoms with van der Waals surface area (Å²) in [5, 5.41) is 3.63. The van der Waals surface area contributed by atoms with E-state index in [-0.39, 0.29) is 10.7 Å². The molecule has 152 valence electrons. The summed E-state index contributed by atoms with van der Waals surface area (Å²) >= 11 is 0.912. The van der Waals surface area contributed by atoms with Crippen molar-refractivity contribution in [1.82, 2.24) is 10.3 Å². The highest BCUT2D eigenvalue weighted by molar-refractivity contribution is 7.22. The van der Waals surface area contributed by atoms with Gasteiger partial charge in [-0.05, 0) is 31.2 Å². The van der Waals surface area contributed by atoms with E-state index in [0.717, 1.165) is 24.0 Å². The molecule has 10 heteroatoms. The first-order valence-electron chi connectivity index (χ1n) is 8.34. The number of fused-ring (bicyclic) bond motifs is 1. The molecule has 0 bridgehead atoms. The monoisotopic (exact) mass is 423 g/mol. The summed E-state index contributed by atoms with van der Waals surface area (Å²) in [6.07, 6.45) is -5.22. The third kappa shape index (κ3) is 4.02. The van der Waals surface area contributed by atoms with Crippen molar-refractivity contribution in [3.8, 4) is 0 Å². The number of nitrogens with zero attached hydrogens (tertiary/aromatic N) is 1. The zero-order chi connectivity index (χ0) is 21.2. The van der Waals surface area contributed by atoms with Crippen molar-refractivity contribution in [3.63, 3.8) is 0 Å². The summed E-state index contributed by atoms with van der Waals surface area (Å²) < 4.78 is 47.3. The zero-order valence-corrected chi connectivity index (χ0v) is 16.1. The number of hydrogen-bond acceptors (Lipinski definition) is 6. The zero-order valence-electron chi connectivity index (χ0n) is 15.3. The molecule has 3 rings (SSSR count). The average molecular weight is 423 g/mol. The predicted molar refractivity (Wildman–Crippen MR) is 103 cm³/mol. The minimum absolute atomic E-state index is 0.0424. The van der Waals surface area contributed by atoms with Crippen LogP contribution in [0.1, 0.15) is 15.9 Å². The molecular formula is C19H16F3N3O3S. The maximum atomic E-state index is 14.1. The summed E-state index contributed by atoms with van der Waals surface area (Å²) in [6, 6.07) is 12.6. The number of anilines is 1. The van der Waals surface area contributed by atoms with Gasteiger partial charge in [-0.1, -0.05) is 41.2 Å². The molecule has 29 heavy (non-hydrogen) atoms. The number of amides is 1. The molecule has 0 unspecified atom stereocenters. The van der Waals surface area contributed by atoms with Crippen LogP contribution >= 0.6 is 11.3 Å². The van der Waals surface area contributed by atoms with E-state index in [1.165, 1.54) is 12.1 Å². The molecule has 1 amide bonds. The molecule has 0 radical (unpaired) electrons. The van der Waals surface area contributed by atoms with Gasteiger partial charge in [-0.25, -0.2) is 9.78 Å². The Morgan fingerprint density at radius 3 is 2.31 bits per heavy atom. The Bertz CT molecular complexity index is 1020. The van der Waals surface area contributed by atoms with E-state index in [2.05, 4.69) is 15.0 Å². The fourth-order valence-corrected chi connectivity index (χ4v) is 3.50. The van der Waals surface area contributed by atoms with Crippen LogP contribution in [0.5, 0.6) is 0 Å². The molecule has 0 saturated carbocycles. The van der Waals surface area contributed by atoms with Gasteiger partial charge in [0.25, 0.3) is 5.91 Å². The van der Waals surface area contributed by atoms with Crippen molar-refractivity contribution in [3.05, 3.63) is 59.7 Å². The molecule has 0 fully saturated rings. The lowest BCUT2D eigenvalue weighted by Crippen LogP contribution is -2.69. The van der Waals surface area contributed by atoms with Gasteiger partial charge < -0.3 is 15.4 Å². The van der Waals surface area contributed by atoms with E-state index in [9.17, 15) is 22.8 Å². The van der Waals surface area contributed by atoms with Crippen LogP contribution in [0.4, 0.5) is 18.3 Å². The lowest BCUT2D eigenvalue weighted by Gasteiger charge is -2.34. The standard InChI is InChI=1S/C19H16F3N3O3S/c1-11-7-9-12(10-8-11)15(26)24-18(16(27)28-2,19(20,21)22)25-17-23-13-5-3-4-6-14(13)29-17/h3-10H,1-2H3,(H,23,25)(H,24,26)/t18-/m1/s1. The number of benzene rings is 2. The molecule has 1 atom stereocenters. The molecule has 0 aliphatic heterocycles. The number of carbonyl (C=O) groups excluding carboxylic acids is 2. The quantitative estimate of drug-likeness (QED) is 0.481. The van der Waals surface area contributed by atoms with Gasteiger partial charge in [-0.3, -0.25) is 4.79 Å². The number of aryl methyl sites for hydroxylation is 1. The van der Waals surface area contributed by atoms with Gasteiger partial charge in [-0.15, -0.1) is 0 Å². The van der Waals surface area contributed by atoms with Gasteiger partial charge >= 0.3 is 17.8 Å². The van der Waals surface area contributed by atoms with Crippen LogP contribution in [0.15, 0.2) is 48.5 Å². The second-order valence-electron chi connectivity index (χ2n) is 6.17. The van der Waals surface area contributed by atoms with Gasteiger partial charge in [0.1, 0.15) is 0 Å². The number of thiazole rings is 1. The van der Waals surface area contributed by atoms with Gasteiger partial charge in [0.15, 0.2) is 5.13 Å². The fourth-order valence-electron chi connectivity index (χ4n) is 2.58. The lowest BCUT2D eigenvalue weighted by atomic mass is 10.1. The Morgan fingerprint density at radius 2 is 1.72 bits per heavy atom. The number of alkyl halides is 3. The highest BCUT2D eigenvalue weighted by atomic mass is 32.1. The predicted octanol–water partition coefficient (Wildman–Crippen LogP) is 3.88. The number of ether oxygens (including phenoxy) is 1. The molecule has 2 N–H and O–H groups in total. The van der Waals surface area contributed by atoms with Crippen LogP contribution in [0.3, 0.4) is 0 Å². The van der Waals surface area contributed by atoms with Crippen LogP contribution in [-0.4, -0.2) is 35.8 Å².